The van der Waals surface area contributed by atoms with Crippen molar-refractivity contribution in [1.82, 2.24) is 14.8 Å². The standard InChI is InChI=1S/C18H15BrIN3O2/c1-11-9-18(11,17(24)25-10-12-5-3-2-4-6-12)23-16-14(15(20)22-23)13(19)7-8-21-16/h2-8,11H,9-10H2,1H3/t11-,18-/m0/s1. The molecule has 3 aromatic rings. The Bertz CT molecular complexity index is 960. The molecule has 2 heterocycles. The van der Waals surface area contributed by atoms with E-state index in [1.54, 1.807) is 10.9 Å². The van der Waals surface area contributed by atoms with E-state index in [9.17, 15) is 4.79 Å². The molecule has 0 bridgehead atoms. The molecule has 0 saturated heterocycles. The van der Waals surface area contributed by atoms with Crippen molar-refractivity contribution in [2.75, 3.05) is 0 Å². The number of ether oxygens (including phenoxy) is 1. The van der Waals surface area contributed by atoms with Gasteiger partial charge in [0, 0.05) is 10.7 Å². The maximum atomic E-state index is 12.9. The van der Waals surface area contributed by atoms with E-state index >= 15 is 0 Å². The van der Waals surface area contributed by atoms with Crippen LogP contribution < -0.4 is 0 Å². The van der Waals surface area contributed by atoms with Crippen molar-refractivity contribution < 1.29 is 9.53 Å². The minimum atomic E-state index is -0.760. The molecule has 0 unspecified atom stereocenters. The zero-order valence-corrected chi connectivity index (χ0v) is 17.2. The van der Waals surface area contributed by atoms with Crippen LogP contribution in [0.2, 0.25) is 0 Å². The molecule has 128 valence electrons. The van der Waals surface area contributed by atoms with Gasteiger partial charge in [-0.1, -0.05) is 37.3 Å². The number of benzene rings is 1. The lowest BCUT2D eigenvalue weighted by molar-refractivity contribution is -0.151. The van der Waals surface area contributed by atoms with Crippen LogP contribution in [0, 0.1) is 9.62 Å². The number of halogens is 2. The smallest absolute Gasteiger partial charge is 0.334 e. The fraction of sp³-hybridized carbons (Fsp3) is 0.278. The summed E-state index contributed by atoms with van der Waals surface area (Å²) in [5.41, 5.74) is 0.921. The third kappa shape index (κ3) is 2.77. The number of rotatable bonds is 4. The number of hydrogen-bond acceptors (Lipinski definition) is 4. The summed E-state index contributed by atoms with van der Waals surface area (Å²) in [6.45, 7) is 2.31. The maximum Gasteiger partial charge on any atom is 0.334 e. The second-order valence-corrected chi connectivity index (χ2v) is 8.16. The summed E-state index contributed by atoms with van der Waals surface area (Å²) < 4.78 is 9.13. The fourth-order valence-electron chi connectivity index (χ4n) is 3.16. The van der Waals surface area contributed by atoms with E-state index in [4.69, 9.17) is 4.74 Å². The summed E-state index contributed by atoms with van der Waals surface area (Å²) in [5.74, 6) is -0.0816. The second kappa shape index (κ2) is 6.35. The SMILES string of the molecule is C[C@H]1C[C@]1(C(=O)OCc1ccccc1)n1nc(I)c2c(Br)ccnc21. The van der Waals surface area contributed by atoms with Crippen LogP contribution in [0.5, 0.6) is 0 Å². The summed E-state index contributed by atoms with van der Waals surface area (Å²) in [5, 5.41) is 5.55. The van der Waals surface area contributed by atoms with Crippen molar-refractivity contribution in [3.05, 3.63) is 56.3 Å². The molecule has 1 saturated carbocycles. The maximum absolute atomic E-state index is 12.9. The topological polar surface area (TPSA) is 57.0 Å². The van der Waals surface area contributed by atoms with Crippen molar-refractivity contribution in [1.29, 1.82) is 0 Å². The van der Waals surface area contributed by atoms with Gasteiger partial charge < -0.3 is 4.74 Å². The van der Waals surface area contributed by atoms with E-state index in [0.717, 1.165) is 19.1 Å². The zero-order chi connectivity index (χ0) is 17.6. The minimum Gasteiger partial charge on any atom is -0.459 e. The molecule has 0 N–H and O–H groups in total. The van der Waals surface area contributed by atoms with Gasteiger partial charge in [0.15, 0.2) is 11.2 Å². The number of aromatic nitrogens is 3. The van der Waals surface area contributed by atoms with Crippen LogP contribution in [-0.4, -0.2) is 20.7 Å². The zero-order valence-electron chi connectivity index (χ0n) is 13.4. The molecule has 25 heavy (non-hydrogen) atoms. The lowest BCUT2D eigenvalue weighted by Gasteiger charge is -2.17. The highest BCUT2D eigenvalue weighted by Gasteiger charge is 2.62. The number of esters is 1. The predicted octanol–water partition coefficient (Wildman–Crippen LogP) is 4.28. The number of carbonyl (C=O) groups is 1. The highest BCUT2D eigenvalue weighted by atomic mass is 127. The molecule has 1 aliphatic rings. The van der Waals surface area contributed by atoms with E-state index < -0.39 is 5.54 Å². The first kappa shape index (κ1) is 17.0. The first-order valence-electron chi connectivity index (χ1n) is 7.94. The number of carbonyl (C=O) groups excluding carboxylic acids is 1. The lowest BCUT2D eigenvalue weighted by atomic mass is 10.2. The molecule has 4 rings (SSSR count). The molecule has 1 fully saturated rings. The molecular formula is C18H15BrIN3O2. The van der Waals surface area contributed by atoms with Gasteiger partial charge in [0.05, 0.1) is 5.39 Å². The monoisotopic (exact) mass is 511 g/mol. The molecule has 0 amide bonds. The summed E-state index contributed by atoms with van der Waals surface area (Å²) in [6.07, 6.45) is 2.43. The number of pyridine rings is 1. The Kier molecular flexibility index (Phi) is 4.31. The van der Waals surface area contributed by atoms with Crippen LogP contribution in [0.4, 0.5) is 0 Å². The van der Waals surface area contributed by atoms with Gasteiger partial charge in [0.25, 0.3) is 0 Å². The number of nitrogens with zero attached hydrogens (tertiary/aromatic N) is 3. The van der Waals surface area contributed by atoms with Gasteiger partial charge in [-0.3, -0.25) is 0 Å². The van der Waals surface area contributed by atoms with E-state index in [-0.39, 0.29) is 18.5 Å². The Morgan fingerprint density at radius 1 is 1.40 bits per heavy atom. The van der Waals surface area contributed by atoms with Gasteiger partial charge >= 0.3 is 5.97 Å². The van der Waals surface area contributed by atoms with Crippen molar-refractivity contribution in [3.63, 3.8) is 0 Å². The quantitative estimate of drug-likeness (QED) is 0.387. The van der Waals surface area contributed by atoms with Crippen LogP contribution in [0.3, 0.4) is 0 Å². The minimum absolute atomic E-state index is 0.162. The first-order chi connectivity index (χ1) is 12.0. The molecule has 2 atom stereocenters. The van der Waals surface area contributed by atoms with E-state index in [1.807, 2.05) is 43.3 Å². The largest absolute Gasteiger partial charge is 0.459 e. The molecule has 2 aromatic heterocycles. The van der Waals surface area contributed by atoms with Crippen LogP contribution in [0.1, 0.15) is 18.9 Å². The summed E-state index contributed by atoms with van der Waals surface area (Å²) >= 11 is 5.73. The van der Waals surface area contributed by atoms with E-state index in [0.29, 0.717) is 12.1 Å². The molecule has 7 heteroatoms. The van der Waals surface area contributed by atoms with Gasteiger partial charge in [0.1, 0.15) is 10.3 Å². The van der Waals surface area contributed by atoms with Gasteiger partial charge in [0.2, 0.25) is 0 Å². The molecular weight excluding hydrogens is 497 g/mol. The third-order valence-electron chi connectivity index (χ3n) is 4.69. The number of fused-ring (bicyclic) bond motifs is 1. The van der Waals surface area contributed by atoms with Crippen LogP contribution in [-0.2, 0) is 21.7 Å². The molecule has 1 aromatic carbocycles. The molecule has 5 nitrogen and oxygen atoms in total. The average Bonchev–Trinajstić information content (AvgIpc) is 3.17. The highest BCUT2D eigenvalue weighted by Crippen LogP contribution is 2.52. The Labute approximate surface area is 167 Å². The molecule has 0 spiro atoms. The Morgan fingerprint density at radius 2 is 2.12 bits per heavy atom. The third-order valence-corrected chi connectivity index (χ3v) is 6.11. The molecule has 1 aliphatic carbocycles. The normalized spacial score (nSPS) is 22.1. The highest BCUT2D eigenvalue weighted by molar-refractivity contribution is 14.1. The van der Waals surface area contributed by atoms with E-state index in [2.05, 4.69) is 48.6 Å². The van der Waals surface area contributed by atoms with E-state index in [1.165, 1.54) is 0 Å². The summed E-state index contributed by atoms with van der Waals surface area (Å²) in [6, 6.07) is 11.6. The van der Waals surface area contributed by atoms with Gasteiger partial charge in [-0.25, -0.2) is 14.5 Å². The Balaban J connectivity index is 1.68. The molecule has 0 radical (unpaired) electrons. The predicted molar refractivity (Wildman–Crippen MR) is 106 cm³/mol. The lowest BCUT2D eigenvalue weighted by Crippen LogP contribution is -2.33. The Hall–Kier alpha value is -1.48. The van der Waals surface area contributed by atoms with Crippen molar-refractivity contribution >= 4 is 55.5 Å². The van der Waals surface area contributed by atoms with Crippen LogP contribution >= 0.6 is 38.5 Å². The second-order valence-electron chi connectivity index (χ2n) is 6.29. The van der Waals surface area contributed by atoms with Crippen LogP contribution in [0.15, 0.2) is 47.1 Å². The number of hydrogen-bond donors (Lipinski definition) is 0. The van der Waals surface area contributed by atoms with Crippen LogP contribution in [0.25, 0.3) is 11.0 Å². The summed E-state index contributed by atoms with van der Waals surface area (Å²) in [4.78, 5) is 17.4. The van der Waals surface area contributed by atoms with Crippen molar-refractivity contribution in [2.45, 2.75) is 25.5 Å². The first-order valence-corrected chi connectivity index (χ1v) is 9.81. The van der Waals surface area contributed by atoms with Gasteiger partial charge in [-0.2, -0.15) is 5.10 Å². The van der Waals surface area contributed by atoms with Gasteiger partial charge in [-0.15, -0.1) is 0 Å². The van der Waals surface area contributed by atoms with Crippen molar-refractivity contribution in [3.8, 4) is 0 Å². The Morgan fingerprint density at radius 3 is 2.80 bits per heavy atom. The average molecular weight is 512 g/mol. The van der Waals surface area contributed by atoms with Crippen molar-refractivity contribution in [2.24, 2.45) is 5.92 Å². The van der Waals surface area contributed by atoms with Gasteiger partial charge in [-0.05, 0) is 62.5 Å². The molecule has 0 aliphatic heterocycles. The summed E-state index contributed by atoms with van der Waals surface area (Å²) in [7, 11) is 0. The fourth-order valence-corrected chi connectivity index (χ4v) is 4.77.